The van der Waals surface area contributed by atoms with Crippen molar-refractivity contribution < 1.29 is 40.9 Å². The lowest BCUT2D eigenvalue weighted by Crippen LogP contribution is -2.29. The second kappa shape index (κ2) is 8.42. The van der Waals surface area contributed by atoms with Crippen LogP contribution in [0.2, 0.25) is 0 Å². The molecule has 0 fully saturated rings. The van der Waals surface area contributed by atoms with Gasteiger partial charge in [0.1, 0.15) is 5.69 Å². The fraction of sp³-hybridized carbons (Fsp3) is 0.167. The number of hydrogen-bond acceptors (Lipinski definition) is 5. The molecule has 0 bridgehead atoms. The summed E-state index contributed by atoms with van der Waals surface area (Å²) in [4.78, 5) is 34.4. The van der Waals surface area contributed by atoms with Gasteiger partial charge in [0.15, 0.2) is 11.7 Å². The molecule has 1 unspecified atom stereocenters. The number of carbonyl (C=O) groups excluding carboxylic acids is 2. The summed E-state index contributed by atoms with van der Waals surface area (Å²) in [6.45, 7) is 0. The van der Waals surface area contributed by atoms with E-state index in [1.165, 1.54) is 6.07 Å². The van der Waals surface area contributed by atoms with E-state index in [0.717, 1.165) is 12.1 Å². The van der Waals surface area contributed by atoms with Gasteiger partial charge in [-0.15, -0.1) is 0 Å². The predicted octanol–water partition coefficient (Wildman–Crippen LogP) is 4.59. The quantitative estimate of drug-likeness (QED) is 0.238. The van der Waals surface area contributed by atoms with E-state index in [4.69, 9.17) is 5.26 Å². The minimum absolute atomic E-state index is 0.161. The van der Waals surface area contributed by atoms with Gasteiger partial charge in [-0.05, 0) is 24.3 Å². The highest BCUT2D eigenvalue weighted by Gasteiger charge is 2.35. The van der Waals surface area contributed by atoms with Crippen molar-refractivity contribution in [1.82, 2.24) is 0 Å². The van der Waals surface area contributed by atoms with E-state index in [9.17, 15) is 46.0 Å². The van der Waals surface area contributed by atoms with Crippen LogP contribution in [-0.4, -0.2) is 16.6 Å². The molecular weight excluding hydrogens is 436 g/mol. The largest absolute Gasteiger partial charge is 0.416 e. The second-order valence-corrected chi connectivity index (χ2v) is 5.98. The second-order valence-electron chi connectivity index (χ2n) is 5.98. The van der Waals surface area contributed by atoms with Gasteiger partial charge >= 0.3 is 12.4 Å². The Balaban J connectivity index is 2.30. The van der Waals surface area contributed by atoms with Gasteiger partial charge in [-0.2, -0.15) is 31.6 Å². The Bertz CT molecular complexity index is 1070. The molecule has 7 nitrogen and oxygen atoms in total. The summed E-state index contributed by atoms with van der Waals surface area (Å²) in [7, 11) is 0. The Labute approximate surface area is 169 Å². The molecule has 0 aliphatic rings. The minimum atomic E-state index is -4.90. The van der Waals surface area contributed by atoms with Crippen molar-refractivity contribution in [2.24, 2.45) is 5.92 Å². The van der Waals surface area contributed by atoms with Gasteiger partial charge in [0.2, 0.25) is 5.91 Å². The van der Waals surface area contributed by atoms with Gasteiger partial charge in [-0.1, -0.05) is 12.1 Å². The highest BCUT2D eigenvalue weighted by atomic mass is 19.4. The summed E-state index contributed by atoms with van der Waals surface area (Å²) >= 11 is 0. The SMILES string of the molecule is N#CC(C(=O)Nc1ccc(C(F)(F)F)cc1[N+](=O)[O-])C(=O)c1ccc(C(F)(F)F)cc1. The number of Topliss-reactive ketones (excluding diaryl/α,β-unsaturated/α-hetero) is 1. The van der Waals surface area contributed by atoms with Gasteiger partial charge in [0.25, 0.3) is 5.69 Å². The number of alkyl halides is 6. The number of rotatable bonds is 5. The molecule has 0 aliphatic heterocycles. The summed E-state index contributed by atoms with van der Waals surface area (Å²) in [5, 5.41) is 22.0. The molecule has 31 heavy (non-hydrogen) atoms. The molecule has 0 heterocycles. The van der Waals surface area contributed by atoms with Crippen molar-refractivity contribution in [3.63, 3.8) is 0 Å². The highest BCUT2D eigenvalue weighted by Crippen LogP contribution is 2.35. The molecule has 1 amide bonds. The standard InChI is InChI=1S/C18H9F6N3O4/c19-17(20,21)10-3-1-9(2-4-10)15(28)12(8-25)16(29)26-13-6-5-11(18(22,23)24)7-14(13)27(30)31/h1-7,12H,(H,26,29). The summed E-state index contributed by atoms with van der Waals surface area (Å²) < 4.78 is 76.0. The van der Waals surface area contributed by atoms with Crippen LogP contribution in [-0.2, 0) is 17.1 Å². The lowest BCUT2D eigenvalue weighted by Gasteiger charge is -2.12. The fourth-order valence-corrected chi connectivity index (χ4v) is 2.40. The average Bonchev–Trinajstić information content (AvgIpc) is 2.67. The Morgan fingerprint density at radius 3 is 1.94 bits per heavy atom. The number of amides is 1. The molecule has 0 radical (unpaired) electrons. The molecule has 162 valence electrons. The number of nitro benzene ring substituents is 1. The normalized spacial score (nSPS) is 12.5. The zero-order chi connectivity index (χ0) is 23.6. The lowest BCUT2D eigenvalue weighted by atomic mass is 9.97. The van der Waals surface area contributed by atoms with Crippen LogP contribution >= 0.6 is 0 Å². The van der Waals surface area contributed by atoms with Crippen LogP contribution in [0.4, 0.5) is 37.7 Å². The third-order valence-corrected chi connectivity index (χ3v) is 3.93. The van der Waals surface area contributed by atoms with E-state index in [2.05, 4.69) is 0 Å². The summed E-state index contributed by atoms with van der Waals surface area (Å²) in [5.41, 5.74) is -4.71. The number of halogens is 6. The molecule has 0 aromatic heterocycles. The smallest absolute Gasteiger partial charge is 0.319 e. The first-order chi connectivity index (χ1) is 14.3. The maximum atomic E-state index is 12.7. The number of benzene rings is 2. The monoisotopic (exact) mass is 445 g/mol. The maximum Gasteiger partial charge on any atom is 0.416 e. The van der Waals surface area contributed by atoms with Gasteiger partial charge in [-0.25, -0.2) is 0 Å². The lowest BCUT2D eigenvalue weighted by molar-refractivity contribution is -0.384. The number of hydrogen-bond donors (Lipinski definition) is 1. The molecule has 1 atom stereocenters. The summed E-state index contributed by atoms with van der Waals surface area (Å²) in [6.07, 6.45) is -9.59. The van der Waals surface area contributed by atoms with Crippen LogP contribution in [0.3, 0.4) is 0 Å². The van der Waals surface area contributed by atoms with Crippen LogP contribution < -0.4 is 5.32 Å². The molecule has 13 heteroatoms. The zero-order valence-electron chi connectivity index (χ0n) is 14.9. The Morgan fingerprint density at radius 1 is 0.968 bits per heavy atom. The Kier molecular flexibility index (Phi) is 6.34. The van der Waals surface area contributed by atoms with E-state index in [-0.39, 0.29) is 6.07 Å². The van der Waals surface area contributed by atoms with Crippen molar-refractivity contribution >= 4 is 23.1 Å². The topological polar surface area (TPSA) is 113 Å². The van der Waals surface area contributed by atoms with E-state index in [1.54, 1.807) is 0 Å². The molecule has 0 saturated heterocycles. The van der Waals surface area contributed by atoms with E-state index < -0.39 is 62.9 Å². The summed E-state index contributed by atoms with van der Waals surface area (Å²) in [6, 6.07) is 5.09. The van der Waals surface area contributed by atoms with Gasteiger partial charge in [-0.3, -0.25) is 19.7 Å². The van der Waals surface area contributed by atoms with Crippen molar-refractivity contribution in [3.8, 4) is 6.07 Å². The predicted molar refractivity (Wildman–Crippen MR) is 91.6 cm³/mol. The first kappa shape index (κ1) is 23.3. The van der Waals surface area contributed by atoms with E-state index in [1.807, 2.05) is 5.32 Å². The molecule has 0 spiro atoms. The van der Waals surface area contributed by atoms with E-state index >= 15 is 0 Å². The molecule has 1 N–H and O–H groups in total. The summed E-state index contributed by atoms with van der Waals surface area (Å²) in [5.74, 6) is -4.74. The van der Waals surface area contributed by atoms with Crippen molar-refractivity contribution in [2.45, 2.75) is 12.4 Å². The number of nitrogens with one attached hydrogen (secondary N) is 1. The Hall–Kier alpha value is -3.95. The van der Waals surface area contributed by atoms with Crippen molar-refractivity contribution in [3.05, 3.63) is 69.3 Å². The van der Waals surface area contributed by atoms with Crippen LogP contribution in [0.1, 0.15) is 21.5 Å². The highest BCUT2D eigenvalue weighted by molar-refractivity contribution is 6.15. The number of nitriles is 1. The average molecular weight is 445 g/mol. The van der Waals surface area contributed by atoms with Crippen LogP contribution in [0.25, 0.3) is 0 Å². The Morgan fingerprint density at radius 2 is 1.48 bits per heavy atom. The fourth-order valence-electron chi connectivity index (χ4n) is 2.40. The first-order valence-corrected chi connectivity index (χ1v) is 8.03. The number of nitrogens with zero attached hydrogens (tertiary/aromatic N) is 2. The van der Waals surface area contributed by atoms with Gasteiger partial charge in [0, 0.05) is 11.6 Å². The molecule has 2 aromatic rings. The van der Waals surface area contributed by atoms with E-state index in [0.29, 0.717) is 24.3 Å². The number of nitro groups is 1. The van der Waals surface area contributed by atoms with Gasteiger partial charge < -0.3 is 5.32 Å². The van der Waals surface area contributed by atoms with Crippen LogP contribution in [0.5, 0.6) is 0 Å². The molecule has 0 aliphatic carbocycles. The van der Waals surface area contributed by atoms with Crippen molar-refractivity contribution in [1.29, 1.82) is 5.26 Å². The third-order valence-electron chi connectivity index (χ3n) is 3.93. The van der Waals surface area contributed by atoms with Crippen molar-refractivity contribution in [2.75, 3.05) is 5.32 Å². The zero-order valence-corrected chi connectivity index (χ0v) is 14.9. The maximum absolute atomic E-state index is 12.7. The molecule has 2 rings (SSSR count). The third kappa shape index (κ3) is 5.35. The van der Waals surface area contributed by atoms with Crippen LogP contribution in [0.15, 0.2) is 42.5 Å². The molecule has 2 aromatic carbocycles. The number of carbonyl (C=O) groups is 2. The molecular formula is C18H9F6N3O4. The molecule has 0 saturated carbocycles. The first-order valence-electron chi connectivity index (χ1n) is 8.03. The van der Waals surface area contributed by atoms with Gasteiger partial charge in [0.05, 0.1) is 22.1 Å². The number of ketones is 1. The minimum Gasteiger partial charge on any atom is -0.319 e. The van der Waals surface area contributed by atoms with Crippen LogP contribution in [0, 0.1) is 27.4 Å². The number of anilines is 1.